The Bertz CT molecular complexity index is 920. The van der Waals surface area contributed by atoms with Gasteiger partial charge >= 0.3 is 11.9 Å². The summed E-state index contributed by atoms with van der Waals surface area (Å²) in [5.74, 6) is -2.62. The summed E-state index contributed by atoms with van der Waals surface area (Å²) in [6.07, 6.45) is 0. The molecule has 2 unspecified atom stereocenters. The summed E-state index contributed by atoms with van der Waals surface area (Å²) < 4.78 is 11.3. The Kier molecular flexibility index (Phi) is 7.10. The minimum absolute atomic E-state index is 0.274. The average Bonchev–Trinajstić information content (AvgIpc) is 2.52. The number of ether oxygens (including phenoxy) is 2. The molecule has 30 heavy (non-hydrogen) atoms. The van der Waals surface area contributed by atoms with E-state index in [1.807, 2.05) is 0 Å². The van der Waals surface area contributed by atoms with Crippen LogP contribution in [0, 0.1) is 5.92 Å². The smallest absolute Gasteiger partial charge is 0.337 e. The van der Waals surface area contributed by atoms with Gasteiger partial charge in [-0.05, 0) is 79.2 Å². The van der Waals surface area contributed by atoms with E-state index in [-0.39, 0.29) is 5.57 Å². The number of hydrogen-bond donors (Lipinski definition) is 0. The molecule has 0 saturated carbocycles. The fraction of sp³-hybridized carbons (Fsp3) is 0.522. The molecule has 1 aliphatic heterocycles. The van der Waals surface area contributed by atoms with Crippen molar-refractivity contribution in [3.8, 4) is 0 Å². The molecule has 0 fully saturated rings. The molecule has 0 spiro atoms. The van der Waals surface area contributed by atoms with Gasteiger partial charge in [0.25, 0.3) is 0 Å². The average molecular weight is 454 g/mol. The lowest BCUT2D eigenvalue weighted by atomic mass is 9.75. The number of carbonyl (C=O) groups excluding carboxylic acids is 2. The van der Waals surface area contributed by atoms with Crippen LogP contribution >= 0.6 is 23.2 Å². The second-order valence-corrected chi connectivity index (χ2v) is 10.3. The van der Waals surface area contributed by atoms with Crippen LogP contribution in [0.15, 0.2) is 34.5 Å². The maximum atomic E-state index is 13.2. The van der Waals surface area contributed by atoms with Crippen molar-refractivity contribution >= 4 is 40.9 Å². The van der Waals surface area contributed by atoms with Gasteiger partial charge in [0.2, 0.25) is 0 Å². The molecule has 1 aliphatic rings. The quantitative estimate of drug-likeness (QED) is 0.516. The zero-order valence-corrected chi connectivity index (χ0v) is 20.2. The van der Waals surface area contributed by atoms with Crippen LogP contribution in [-0.4, -0.2) is 28.9 Å². The molecule has 0 amide bonds. The molecular weight excluding hydrogens is 425 g/mol. The number of aliphatic imine (C=N–C) groups is 1. The predicted molar refractivity (Wildman–Crippen MR) is 120 cm³/mol. The van der Waals surface area contributed by atoms with Gasteiger partial charge < -0.3 is 9.47 Å². The molecule has 2 rings (SSSR count). The zero-order valence-electron chi connectivity index (χ0n) is 18.7. The van der Waals surface area contributed by atoms with E-state index in [0.29, 0.717) is 27.0 Å². The second kappa shape index (κ2) is 8.72. The minimum Gasteiger partial charge on any atom is -0.459 e. The third-order valence-corrected chi connectivity index (χ3v) is 4.98. The van der Waals surface area contributed by atoms with E-state index in [1.54, 1.807) is 73.6 Å². The molecule has 1 aromatic carbocycles. The summed E-state index contributed by atoms with van der Waals surface area (Å²) in [4.78, 5) is 30.9. The van der Waals surface area contributed by atoms with Gasteiger partial charge in [0.15, 0.2) is 0 Å². The van der Waals surface area contributed by atoms with Crippen LogP contribution < -0.4 is 0 Å². The zero-order chi connectivity index (χ0) is 23.0. The topological polar surface area (TPSA) is 65.0 Å². The Morgan fingerprint density at radius 1 is 0.967 bits per heavy atom. The van der Waals surface area contributed by atoms with Gasteiger partial charge in [0, 0.05) is 27.4 Å². The van der Waals surface area contributed by atoms with Crippen molar-refractivity contribution in [1.29, 1.82) is 0 Å². The van der Waals surface area contributed by atoms with E-state index in [0.717, 1.165) is 0 Å². The predicted octanol–water partition coefficient (Wildman–Crippen LogP) is 6.13. The molecule has 0 aliphatic carbocycles. The summed E-state index contributed by atoms with van der Waals surface area (Å²) in [5.41, 5.74) is 0.412. The van der Waals surface area contributed by atoms with Gasteiger partial charge in [0.1, 0.15) is 17.1 Å². The number of esters is 2. The number of allylic oxidation sites excluding steroid dienone is 1. The maximum Gasteiger partial charge on any atom is 0.337 e. The Morgan fingerprint density at radius 3 is 2.07 bits per heavy atom. The number of hydrogen-bond acceptors (Lipinski definition) is 5. The molecule has 164 valence electrons. The lowest BCUT2D eigenvalue weighted by Gasteiger charge is -2.34. The molecule has 1 heterocycles. The third kappa shape index (κ3) is 5.86. The highest BCUT2D eigenvalue weighted by molar-refractivity contribution is 6.33. The maximum absolute atomic E-state index is 13.2. The van der Waals surface area contributed by atoms with E-state index in [1.165, 1.54) is 0 Å². The summed E-state index contributed by atoms with van der Waals surface area (Å²) in [6.45, 7) is 14.2. The second-order valence-electron chi connectivity index (χ2n) is 9.41. The SMILES string of the molecule is CC1=NC(C)=C(C(=O)OC(C)(C)C)C(c2cc(Cl)ccc2Cl)C1C(=O)OC(C)(C)C. The van der Waals surface area contributed by atoms with Crippen molar-refractivity contribution in [3.63, 3.8) is 0 Å². The van der Waals surface area contributed by atoms with E-state index < -0.39 is 35.0 Å². The van der Waals surface area contributed by atoms with Crippen LogP contribution in [0.2, 0.25) is 10.0 Å². The first kappa shape index (κ1) is 24.4. The van der Waals surface area contributed by atoms with Crippen LogP contribution in [0.3, 0.4) is 0 Å². The number of rotatable bonds is 3. The van der Waals surface area contributed by atoms with Crippen LogP contribution in [0.4, 0.5) is 0 Å². The fourth-order valence-corrected chi connectivity index (χ4v) is 3.81. The highest BCUT2D eigenvalue weighted by atomic mass is 35.5. The normalized spacial score (nSPS) is 20.0. The van der Waals surface area contributed by atoms with Gasteiger partial charge in [-0.1, -0.05) is 23.2 Å². The van der Waals surface area contributed by atoms with Gasteiger partial charge in [-0.3, -0.25) is 9.79 Å². The molecule has 0 aromatic heterocycles. The highest BCUT2D eigenvalue weighted by Crippen LogP contribution is 2.44. The first-order chi connectivity index (χ1) is 13.6. The van der Waals surface area contributed by atoms with Crippen LogP contribution in [-0.2, 0) is 19.1 Å². The summed E-state index contributed by atoms with van der Waals surface area (Å²) in [7, 11) is 0. The molecule has 7 heteroatoms. The third-order valence-electron chi connectivity index (χ3n) is 4.40. The highest BCUT2D eigenvalue weighted by Gasteiger charge is 2.44. The summed E-state index contributed by atoms with van der Waals surface area (Å²) in [5, 5.41) is 0.834. The molecule has 0 radical (unpaired) electrons. The Hall–Kier alpha value is -1.85. The Morgan fingerprint density at radius 2 is 1.53 bits per heavy atom. The monoisotopic (exact) mass is 453 g/mol. The largest absolute Gasteiger partial charge is 0.459 e. The van der Waals surface area contributed by atoms with Crippen molar-refractivity contribution in [3.05, 3.63) is 45.1 Å². The molecule has 0 N–H and O–H groups in total. The fourth-order valence-electron chi connectivity index (χ4n) is 3.39. The van der Waals surface area contributed by atoms with E-state index in [2.05, 4.69) is 4.99 Å². The van der Waals surface area contributed by atoms with Crippen molar-refractivity contribution in [2.24, 2.45) is 10.9 Å². The lowest BCUT2D eigenvalue weighted by molar-refractivity contribution is -0.158. The standard InChI is InChI=1S/C23H29Cl2NO4/c1-12-17(20(27)29-22(3,4)5)19(15-11-14(24)9-10-16(15)25)18(13(2)26-12)21(28)30-23(6,7)8/h9-11,17,19H,1-8H3. The number of carbonyl (C=O) groups is 2. The van der Waals surface area contributed by atoms with Crippen LogP contribution in [0.1, 0.15) is 66.9 Å². The molecule has 5 nitrogen and oxygen atoms in total. The number of benzene rings is 1. The van der Waals surface area contributed by atoms with Crippen molar-refractivity contribution in [2.75, 3.05) is 0 Å². The van der Waals surface area contributed by atoms with E-state index >= 15 is 0 Å². The number of nitrogens with zero attached hydrogens (tertiary/aromatic N) is 1. The van der Waals surface area contributed by atoms with Gasteiger partial charge in [-0.25, -0.2) is 4.79 Å². The molecular formula is C23H29Cl2NO4. The van der Waals surface area contributed by atoms with Gasteiger partial charge in [-0.2, -0.15) is 0 Å². The van der Waals surface area contributed by atoms with Crippen molar-refractivity contribution < 1.29 is 19.1 Å². The molecule has 2 atom stereocenters. The molecule has 0 bridgehead atoms. The first-order valence-electron chi connectivity index (χ1n) is 9.78. The van der Waals surface area contributed by atoms with Crippen LogP contribution in [0.5, 0.6) is 0 Å². The summed E-state index contributed by atoms with van der Waals surface area (Å²) >= 11 is 12.7. The Balaban J connectivity index is 2.71. The van der Waals surface area contributed by atoms with Gasteiger partial charge in [-0.15, -0.1) is 0 Å². The van der Waals surface area contributed by atoms with E-state index in [4.69, 9.17) is 32.7 Å². The Labute approximate surface area is 188 Å². The van der Waals surface area contributed by atoms with E-state index in [9.17, 15) is 9.59 Å². The minimum atomic E-state index is -0.841. The first-order valence-corrected chi connectivity index (χ1v) is 10.5. The summed E-state index contributed by atoms with van der Waals surface area (Å²) in [6, 6.07) is 4.97. The molecule has 1 aromatic rings. The van der Waals surface area contributed by atoms with Crippen molar-refractivity contribution in [1.82, 2.24) is 0 Å². The molecule has 0 saturated heterocycles. The lowest BCUT2D eigenvalue weighted by Crippen LogP contribution is -2.40. The van der Waals surface area contributed by atoms with Crippen molar-refractivity contribution in [2.45, 2.75) is 72.5 Å². The number of halogens is 2. The van der Waals surface area contributed by atoms with Crippen LogP contribution in [0.25, 0.3) is 0 Å². The van der Waals surface area contributed by atoms with Gasteiger partial charge in [0.05, 0.1) is 5.57 Å².